The maximum Gasteiger partial charge on any atom is 0.449 e. The zero-order valence-electron chi connectivity index (χ0n) is 30.4. The van der Waals surface area contributed by atoms with Crippen molar-refractivity contribution in [1.82, 2.24) is 0 Å². The van der Waals surface area contributed by atoms with Crippen LogP contribution in [0.1, 0.15) is 84.7 Å². The van der Waals surface area contributed by atoms with Gasteiger partial charge in [0, 0.05) is 18.7 Å². The van der Waals surface area contributed by atoms with Crippen molar-refractivity contribution in [2.24, 2.45) is 21.5 Å². The number of nitrogens with zero attached hydrogens (tertiary/aromatic N) is 2. The lowest BCUT2D eigenvalue weighted by Gasteiger charge is -2.12. The van der Waals surface area contributed by atoms with Gasteiger partial charge in [0.15, 0.2) is 0 Å². The summed E-state index contributed by atoms with van der Waals surface area (Å²) in [6.07, 6.45) is -17.5. The van der Waals surface area contributed by atoms with Crippen LogP contribution in [0.15, 0.2) is 101 Å². The summed E-state index contributed by atoms with van der Waals surface area (Å²) in [7, 11) is 0. The summed E-state index contributed by atoms with van der Waals surface area (Å²) >= 11 is 0. The lowest BCUT2D eigenvalue weighted by Crippen LogP contribution is -2.33. The number of hydrogen-bond acceptors (Lipinski definition) is 5. The largest absolute Gasteiger partial charge is 0.449 e. The highest BCUT2D eigenvalue weighted by molar-refractivity contribution is 5.98. The zero-order chi connectivity index (χ0) is 41.8. The van der Waals surface area contributed by atoms with Gasteiger partial charge in [-0.3, -0.25) is 14.8 Å². The van der Waals surface area contributed by atoms with Crippen LogP contribution in [-0.2, 0) is 4.79 Å². The Morgan fingerprint density at radius 2 is 0.891 bits per heavy atom. The van der Waals surface area contributed by atoms with Gasteiger partial charge < -0.3 is 11.5 Å². The first-order valence-electron chi connectivity index (χ1n) is 15.5. The predicted molar refractivity (Wildman–Crippen MR) is 198 cm³/mol. The molecule has 3 rings (SSSR count). The Hall–Kier alpha value is -3.96. The standard InChI is InChI=1S/2C11H12F3N.C8H11N.C3H6F3N.C3H3F3O.CH4.ClH/c2*1-8(10-6-4-3-5-7-10)15-9(2)11(12,13)14;1-7(9)8-5-3-2-4-6-8;2*1-2(7)3(4,5)6;;/h3-7,9H,1-2H3;3-8H,1-2H3;2-7H,9H2,1H3;2H,7H2,1H3;1H3;1H4;1H/t9-;8-;7-;2-;;;/m1001.../s1. The van der Waals surface area contributed by atoms with Crippen molar-refractivity contribution in [3.63, 3.8) is 0 Å². The summed E-state index contributed by atoms with van der Waals surface area (Å²) in [6, 6.07) is 24.1. The van der Waals surface area contributed by atoms with Gasteiger partial charge in [0.05, 0.1) is 12.1 Å². The van der Waals surface area contributed by atoms with Crippen molar-refractivity contribution in [3.05, 3.63) is 108 Å². The molecule has 3 aromatic rings. The topological polar surface area (TPSA) is 93.8 Å². The third kappa shape index (κ3) is 28.2. The van der Waals surface area contributed by atoms with E-state index in [2.05, 4.69) is 15.7 Å². The molecule has 314 valence electrons. The van der Waals surface area contributed by atoms with Gasteiger partial charge in [-0.2, -0.15) is 52.7 Å². The van der Waals surface area contributed by atoms with Gasteiger partial charge in [-0.15, -0.1) is 12.4 Å². The van der Waals surface area contributed by atoms with Crippen molar-refractivity contribution >= 4 is 29.6 Å². The smallest absolute Gasteiger partial charge is 0.324 e. The fraction of sp³-hybridized carbons (Fsp3) is 0.432. The number of nitrogens with two attached hydrogens (primary N) is 2. The fourth-order valence-corrected chi connectivity index (χ4v) is 3.04. The van der Waals surface area contributed by atoms with Gasteiger partial charge in [0.2, 0.25) is 5.78 Å². The number of carbonyl (C=O) groups is 1. The monoisotopic (exact) mass is 828 g/mol. The van der Waals surface area contributed by atoms with E-state index in [9.17, 15) is 57.5 Å². The second-order valence-corrected chi connectivity index (χ2v) is 11.2. The summed E-state index contributed by atoms with van der Waals surface area (Å²) < 4.78 is 139. The molecule has 0 amide bonds. The molecule has 0 aromatic heterocycles. The SMILES string of the molecule is C.CC(=N[C@@H](C)c1ccccc1)C(F)(F)F.CC(=N[C@H](C)C(F)(F)F)c1ccccc1.CC(=O)C(F)(F)F.C[C@@H](N)C(F)(F)F.C[C@H](N)c1ccccc1.Cl. The number of carbonyl (C=O) groups excluding carboxylic acids is 1. The summed E-state index contributed by atoms with van der Waals surface area (Å²) in [4.78, 5) is 16.6. The number of alkyl halides is 12. The maximum atomic E-state index is 12.2. The quantitative estimate of drug-likeness (QED) is 0.198. The summed E-state index contributed by atoms with van der Waals surface area (Å²) in [5.74, 6) is -1.76. The van der Waals surface area contributed by atoms with E-state index in [1.165, 1.54) is 5.56 Å². The van der Waals surface area contributed by atoms with E-state index in [0.717, 1.165) is 26.3 Å². The normalized spacial score (nSPS) is 14.0. The molecule has 55 heavy (non-hydrogen) atoms. The average molecular weight is 829 g/mol. The molecule has 0 saturated carbocycles. The van der Waals surface area contributed by atoms with E-state index >= 15 is 0 Å². The first-order valence-corrected chi connectivity index (χ1v) is 15.5. The molecule has 0 aliphatic carbocycles. The van der Waals surface area contributed by atoms with Gasteiger partial charge in [0.1, 0.15) is 11.8 Å². The molecule has 0 aliphatic rings. The average Bonchev–Trinajstić information content (AvgIpc) is 3.05. The van der Waals surface area contributed by atoms with Gasteiger partial charge in [-0.1, -0.05) is 98.4 Å². The molecule has 0 saturated heterocycles. The molecule has 5 nitrogen and oxygen atoms in total. The molecular weight excluding hydrogens is 780 g/mol. The van der Waals surface area contributed by atoms with Crippen LogP contribution in [0.25, 0.3) is 0 Å². The van der Waals surface area contributed by atoms with Crippen molar-refractivity contribution in [2.45, 2.75) is 105 Å². The van der Waals surface area contributed by atoms with Crippen molar-refractivity contribution in [1.29, 1.82) is 0 Å². The minimum absolute atomic E-state index is 0. The van der Waals surface area contributed by atoms with Gasteiger partial charge in [-0.05, 0) is 58.2 Å². The minimum atomic E-state index is -4.64. The molecule has 0 heterocycles. The maximum absolute atomic E-state index is 12.2. The van der Waals surface area contributed by atoms with Gasteiger partial charge in [-0.25, -0.2) is 0 Å². The van der Waals surface area contributed by atoms with Crippen LogP contribution in [0.5, 0.6) is 0 Å². The Bertz CT molecular complexity index is 1490. The molecule has 3 aromatic carbocycles. The summed E-state index contributed by atoms with van der Waals surface area (Å²) in [5, 5.41) is 0. The van der Waals surface area contributed by atoms with Crippen molar-refractivity contribution in [3.8, 4) is 0 Å². The lowest BCUT2D eigenvalue weighted by molar-refractivity contribution is -0.168. The second-order valence-electron chi connectivity index (χ2n) is 11.2. The number of Topliss-reactive ketones (excluding diaryl/α,β-unsaturated/α-hetero) is 1. The first-order chi connectivity index (χ1) is 24.0. The number of ketones is 1. The Kier molecular flexibility index (Phi) is 28.1. The summed E-state index contributed by atoms with van der Waals surface area (Å²) in [5.41, 5.74) is 12.4. The Balaban J connectivity index is -0.000000305. The molecule has 0 spiro atoms. The zero-order valence-corrected chi connectivity index (χ0v) is 31.2. The molecule has 18 heteroatoms. The van der Waals surface area contributed by atoms with E-state index in [-0.39, 0.29) is 25.9 Å². The summed E-state index contributed by atoms with van der Waals surface area (Å²) in [6.45, 7) is 8.63. The third-order valence-corrected chi connectivity index (χ3v) is 6.37. The highest BCUT2D eigenvalue weighted by Gasteiger charge is 2.36. The Labute approximate surface area is 320 Å². The number of halogens is 13. The molecule has 0 bridgehead atoms. The molecule has 4 atom stereocenters. The van der Waals surface area contributed by atoms with Crippen LogP contribution in [0.3, 0.4) is 0 Å². The van der Waals surface area contributed by atoms with E-state index in [1.54, 1.807) is 62.4 Å². The van der Waals surface area contributed by atoms with Crippen molar-refractivity contribution in [2.75, 3.05) is 0 Å². The van der Waals surface area contributed by atoms with Crippen molar-refractivity contribution < 1.29 is 57.5 Å². The highest BCUT2D eigenvalue weighted by Crippen LogP contribution is 2.24. The number of rotatable bonds is 5. The van der Waals surface area contributed by atoms with Crippen LogP contribution in [0.4, 0.5) is 52.7 Å². The third-order valence-electron chi connectivity index (χ3n) is 6.37. The molecule has 0 radical (unpaired) electrons. The predicted octanol–water partition coefficient (Wildman–Crippen LogP) is 12.0. The van der Waals surface area contributed by atoms with E-state index in [0.29, 0.717) is 18.2 Å². The van der Waals surface area contributed by atoms with E-state index in [1.807, 2.05) is 49.4 Å². The highest BCUT2D eigenvalue weighted by atomic mass is 35.5. The number of hydrogen-bond donors (Lipinski definition) is 2. The van der Waals surface area contributed by atoms with Crippen LogP contribution >= 0.6 is 12.4 Å². The molecule has 0 aliphatic heterocycles. The number of aliphatic imine (C=N–C) groups is 2. The Morgan fingerprint density at radius 3 is 1.15 bits per heavy atom. The second kappa shape index (κ2) is 26.8. The van der Waals surface area contributed by atoms with Crippen LogP contribution in [0, 0.1) is 0 Å². The molecular formula is C37H49ClF12N4O. The Morgan fingerprint density at radius 1 is 0.564 bits per heavy atom. The van der Waals surface area contributed by atoms with Gasteiger partial charge in [0.25, 0.3) is 0 Å². The van der Waals surface area contributed by atoms with Crippen LogP contribution in [-0.4, -0.2) is 54.0 Å². The minimum Gasteiger partial charge on any atom is -0.324 e. The fourth-order valence-electron chi connectivity index (χ4n) is 3.04. The molecule has 4 N–H and O–H groups in total. The van der Waals surface area contributed by atoms with Gasteiger partial charge >= 0.3 is 24.7 Å². The first kappa shape index (κ1) is 57.8. The van der Waals surface area contributed by atoms with E-state index in [4.69, 9.17) is 5.73 Å². The molecule has 0 unspecified atom stereocenters. The number of benzene rings is 3. The molecule has 0 fully saturated rings. The van der Waals surface area contributed by atoms with Crippen LogP contribution in [0.2, 0.25) is 0 Å². The van der Waals surface area contributed by atoms with E-state index < -0.39 is 54.3 Å². The lowest BCUT2D eigenvalue weighted by atomic mass is 10.1. The van der Waals surface area contributed by atoms with Crippen LogP contribution < -0.4 is 11.5 Å².